The average Bonchev–Trinajstić information content (AvgIpc) is 2.50. The van der Waals surface area contributed by atoms with E-state index >= 15 is 0 Å². The van der Waals surface area contributed by atoms with Gasteiger partial charge in [0.05, 0.1) is 19.3 Å². The van der Waals surface area contributed by atoms with Crippen molar-refractivity contribution in [3.8, 4) is 5.75 Å². The fourth-order valence-electron chi connectivity index (χ4n) is 2.66. The number of methoxy groups -OCH3 is 1. The van der Waals surface area contributed by atoms with E-state index in [1.807, 2.05) is 31.2 Å². The van der Waals surface area contributed by atoms with Crippen molar-refractivity contribution in [2.24, 2.45) is 0 Å². The van der Waals surface area contributed by atoms with Crippen molar-refractivity contribution in [2.45, 2.75) is 39.0 Å². The molecule has 3 heteroatoms. The molecule has 1 fully saturated rings. The Morgan fingerprint density at radius 2 is 1.75 bits per heavy atom. The van der Waals surface area contributed by atoms with Gasteiger partial charge in [-0.2, -0.15) is 0 Å². The molecule has 1 aromatic rings. The highest BCUT2D eigenvalue weighted by atomic mass is 16.5. The van der Waals surface area contributed by atoms with Crippen molar-refractivity contribution in [3.63, 3.8) is 0 Å². The lowest BCUT2D eigenvalue weighted by molar-refractivity contribution is -0.136. The Labute approximate surface area is 120 Å². The van der Waals surface area contributed by atoms with Crippen LogP contribution in [0.2, 0.25) is 0 Å². The third kappa shape index (κ3) is 3.41. The molecule has 1 aliphatic rings. The summed E-state index contributed by atoms with van der Waals surface area (Å²) in [6.45, 7) is 2.25. The highest BCUT2D eigenvalue weighted by molar-refractivity contribution is 6.17. The van der Waals surface area contributed by atoms with Gasteiger partial charge in [-0.15, -0.1) is 0 Å². The first-order chi connectivity index (χ1) is 9.76. The topological polar surface area (TPSA) is 35.5 Å². The predicted octanol–water partition coefficient (Wildman–Crippen LogP) is 3.98. The average molecular weight is 274 g/mol. The van der Waals surface area contributed by atoms with Crippen molar-refractivity contribution >= 4 is 11.5 Å². The Morgan fingerprint density at radius 3 is 2.30 bits per heavy atom. The number of hydrogen-bond acceptors (Lipinski definition) is 3. The highest BCUT2D eigenvalue weighted by Crippen LogP contribution is 2.32. The first kappa shape index (κ1) is 14.6. The number of benzene rings is 1. The maximum absolute atomic E-state index is 12.3. The molecule has 0 spiro atoms. The monoisotopic (exact) mass is 274 g/mol. The van der Waals surface area contributed by atoms with Crippen LogP contribution in [0.4, 0.5) is 0 Å². The maximum atomic E-state index is 12.3. The minimum atomic E-state index is -0.199. The molecular formula is C17H22O3. The molecular weight excluding hydrogens is 252 g/mol. The van der Waals surface area contributed by atoms with Crippen molar-refractivity contribution in [1.82, 2.24) is 0 Å². The standard InChI is InChI=1S/C17H22O3/c1-3-20-17(18)16(13-7-5-4-6-8-13)14-9-11-15(19-2)12-10-14/h9-12H,3-8H2,1-2H3. The van der Waals surface area contributed by atoms with Gasteiger partial charge in [0.2, 0.25) is 0 Å². The van der Waals surface area contributed by atoms with Crippen molar-refractivity contribution in [2.75, 3.05) is 13.7 Å². The summed E-state index contributed by atoms with van der Waals surface area (Å²) in [5.41, 5.74) is 2.93. The van der Waals surface area contributed by atoms with Gasteiger partial charge in [0.15, 0.2) is 0 Å². The molecule has 0 bridgehead atoms. The molecule has 0 radical (unpaired) electrons. The summed E-state index contributed by atoms with van der Waals surface area (Å²) in [4.78, 5) is 12.3. The van der Waals surface area contributed by atoms with E-state index in [0.717, 1.165) is 42.6 Å². The van der Waals surface area contributed by atoms with Crippen LogP contribution in [0.5, 0.6) is 5.75 Å². The van der Waals surface area contributed by atoms with Crippen LogP contribution in [0.1, 0.15) is 44.6 Å². The van der Waals surface area contributed by atoms with E-state index in [0.29, 0.717) is 6.61 Å². The molecule has 0 aliphatic heterocycles. The molecule has 0 unspecified atom stereocenters. The zero-order valence-corrected chi connectivity index (χ0v) is 12.3. The minimum Gasteiger partial charge on any atom is -0.497 e. The second kappa shape index (κ2) is 7.13. The van der Waals surface area contributed by atoms with Crippen LogP contribution in [0, 0.1) is 0 Å². The van der Waals surface area contributed by atoms with Gasteiger partial charge >= 0.3 is 5.97 Å². The van der Waals surface area contributed by atoms with Crippen molar-refractivity contribution < 1.29 is 14.3 Å². The van der Waals surface area contributed by atoms with Gasteiger partial charge in [-0.3, -0.25) is 0 Å². The summed E-state index contributed by atoms with van der Waals surface area (Å²) in [6, 6.07) is 7.65. The number of hydrogen-bond donors (Lipinski definition) is 0. The van der Waals surface area contributed by atoms with Crippen LogP contribution in [0.25, 0.3) is 5.57 Å². The van der Waals surface area contributed by atoms with Crippen LogP contribution in [-0.2, 0) is 9.53 Å². The van der Waals surface area contributed by atoms with Crippen LogP contribution < -0.4 is 4.74 Å². The molecule has 0 heterocycles. The van der Waals surface area contributed by atoms with Gasteiger partial charge in [0, 0.05) is 0 Å². The van der Waals surface area contributed by atoms with Crippen LogP contribution in [0.3, 0.4) is 0 Å². The maximum Gasteiger partial charge on any atom is 0.338 e. The lowest BCUT2D eigenvalue weighted by atomic mass is 9.88. The quantitative estimate of drug-likeness (QED) is 0.615. The third-order valence-electron chi connectivity index (χ3n) is 3.67. The molecule has 0 aromatic heterocycles. The zero-order valence-electron chi connectivity index (χ0n) is 12.3. The molecule has 1 aromatic carbocycles. The van der Waals surface area contributed by atoms with E-state index in [2.05, 4.69) is 0 Å². The smallest absolute Gasteiger partial charge is 0.338 e. The lowest BCUT2D eigenvalue weighted by Gasteiger charge is -2.19. The van der Waals surface area contributed by atoms with Gasteiger partial charge < -0.3 is 9.47 Å². The Morgan fingerprint density at radius 1 is 1.10 bits per heavy atom. The SMILES string of the molecule is CCOC(=O)C(=C1CCCCC1)c1ccc(OC)cc1. The first-order valence-electron chi connectivity index (χ1n) is 7.29. The van der Waals surface area contributed by atoms with Gasteiger partial charge in [-0.05, 0) is 50.3 Å². The number of rotatable bonds is 4. The van der Waals surface area contributed by atoms with Crippen molar-refractivity contribution in [1.29, 1.82) is 0 Å². The molecule has 2 rings (SSSR count). The number of esters is 1. The van der Waals surface area contributed by atoms with E-state index in [1.54, 1.807) is 7.11 Å². The predicted molar refractivity (Wildman–Crippen MR) is 79.6 cm³/mol. The van der Waals surface area contributed by atoms with E-state index in [9.17, 15) is 4.79 Å². The molecule has 1 aliphatic carbocycles. The zero-order chi connectivity index (χ0) is 14.4. The molecule has 0 amide bonds. The summed E-state index contributed by atoms with van der Waals surface area (Å²) in [5.74, 6) is 0.597. The number of carbonyl (C=O) groups is 1. The largest absolute Gasteiger partial charge is 0.497 e. The van der Waals surface area contributed by atoms with Gasteiger partial charge in [0.25, 0.3) is 0 Å². The van der Waals surface area contributed by atoms with Gasteiger partial charge in [0.1, 0.15) is 5.75 Å². The normalized spacial score (nSPS) is 14.8. The van der Waals surface area contributed by atoms with E-state index < -0.39 is 0 Å². The summed E-state index contributed by atoms with van der Waals surface area (Å²) in [7, 11) is 1.64. The van der Waals surface area contributed by atoms with Gasteiger partial charge in [-0.25, -0.2) is 4.79 Å². The second-order valence-corrected chi connectivity index (χ2v) is 4.99. The number of allylic oxidation sites excluding steroid dienone is 1. The molecule has 0 N–H and O–H groups in total. The Bertz CT molecular complexity index is 477. The minimum absolute atomic E-state index is 0.199. The summed E-state index contributed by atoms with van der Waals surface area (Å²) < 4.78 is 10.4. The summed E-state index contributed by atoms with van der Waals surface area (Å²) in [6.07, 6.45) is 5.57. The number of carbonyl (C=O) groups excluding carboxylic acids is 1. The Balaban J connectivity index is 2.36. The van der Waals surface area contributed by atoms with Crippen molar-refractivity contribution in [3.05, 3.63) is 35.4 Å². The molecule has 108 valence electrons. The fourth-order valence-corrected chi connectivity index (χ4v) is 2.66. The van der Waals surface area contributed by atoms with E-state index in [1.165, 1.54) is 12.0 Å². The summed E-state index contributed by atoms with van der Waals surface area (Å²) in [5, 5.41) is 0. The molecule has 0 atom stereocenters. The molecule has 3 nitrogen and oxygen atoms in total. The van der Waals surface area contributed by atoms with Crippen LogP contribution in [-0.4, -0.2) is 19.7 Å². The molecule has 1 saturated carbocycles. The molecule has 20 heavy (non-hydrogen) atoms. The van der Waals surface area contributed by atoms with Gasteiger partial charge in [-0.1, -0.05) is 24.1 Å². The van der Waals surface area contributed by atoms with Crippen LogP contribution in [0.15, 0.2) is 29.8 Å². The number of ether oxygens (including phenoxy) is 2. The third-order valence-corrected chi connectivity index (χ3v) is 3.67. The highest BCUT2D eigenvalue weighted by Gasteiger charge is 2.20. The summed E-state index contributed by atoms with van der Waals surface area (Å²) >= 11 is 0. The van der Waals surface area contributed by atoms with E-state index in [-0.39, 0.29) is 5.97 Å². The second-order valence-electron chi connectivity index (χ2n) is 4.99. The van der Waals surface area contributed by atoms with Crippen LogP contribution >= 0.6 is 0 Å². The Kier molecular flexibility index (Phi) is 5.22. The molecule has 0 saturated heterocycles. The first-order valence-corrected chi connectivity index (χ1v) is 7.29. The lowest BCUT2D eigenvalue weighted by Crippen LogP contribution is -2.11. The van der Waals surface area contributed by atoms with E-state index in [4.69, 9.17) is 9.47 Å². The fraction of sp³-hybridized carbons (Fsp3) is 0.471. The Hall–Kier alpha value is -1.77.